The molecular formula is C24H19N3O3. The minimum Gasteiger partial charge on any atom is -0.463 e. The molecule has 1 atom stereocenters. The fraction of sp³-hybridized carbons (Fsp3) is 0.125. The molecule has 2 aromatic carbocycles. The molecule has 0 radical (unpaired) electrons. The van der Waals surface area contributed by atoms with E-state index < -0.39 is 6.04 Å². The van der Waals surface area contributed by atoms with Crippen molar-refractivity contribution in [3.05, 3.63) is 94.5 Å². The van der Waals surface area contributed by atoms with E-state index in [1.807, 2.05) is 30.3 Å². The molecule has 2 aromatic heterocycles. The molecule has 30 heavy (non-hydrogen) atoms. The van der Waals surface area contributed by atoms with Gasteiger partial charge in [-0.2, -0.15) is 5.10 Å². The quantitative estimate of drug-likeness (QED) is 0.491. The van der Waals surface area contributed by atoms with Gasteiger partial charge in [0, 0.05) is 11.8 Å². The maximum Gasteiger partial charge on any atom is 0.267 e. The summed E-state index contributed by atoms with van der Waals surface area (Å²) in [5, 5.41) is 7.23. The lowest BCUT2D eigenvalue weighted by atomic mass is 10.1. The highest BCUT2D eigenvalue weighted by Crippen LogP contribution is 2.37. The number of hydrogen-bond donors (Lipinski definition) is 1. The van der Waals surface area contributed by atoms with Crippen molar-refractivity contribution >= 4 is 11.6 Å². The first-order valence-electron chi connectivity index (χ1n) is 9.76. The minimum atomic E-state index is -0.780. The molecule has 0 fully saturated rings. The van der Waals surface area contributed by atoms with Crippen LogP contribution in [0, 0.1) is 0 Å². The third-order valence-electron chi connectivity index (χ3n) is 5.41. The van der Waals surface area contributed by atoms with Crippen LogP contribution in [0.2, 0.25) is 0 Å². The van der Waals surface area contributed by atoms with E-state index in [4.69, 9.17) is 4.42 Å². The van der Waals surface area contributed by atoms with E-state index in [9.17, 15) is 9.59 Å². The zero-order valence-electron chi connectivity index (χ0n) is 16.3. The Labute approximate surface area is 172 Å². The Balaban J connectivity index is 1.38. The highest BCUT2D eigenvalue weighted by molar-refractivity contribution is 5.94. The van der Waals surface area contributed by atoms with Gasteiger partial charge in [0.15, 0.2) is 5.76 Å². The summed E-state index contributed by atoms with van der Waals surface area (Å²) in [6.07, 6.45) is 2.38. The van der Waals surface area contributed by atoms with Crippen LogP contribution in [0.1, 0.15) is 24.1 Å². The maximum atomic E-state index is 12.8. The summed E-state index contributed by atoms with van der Waals surface area (Å²) < 4.78 is 6.52. The van der Waals surface area contributed by atoms with E-state index >= 15 is 0 Å². The molecule has 0 spiro atoms. The van der Waals surface area contributed by atoms with E-state index in [1.165, 1.54) is 39.3 Å². The van der Waals surface area contributed by atoms with E-state index in [0.29, 0.717) is 17.1 Å². The smallest absolute Gasteiger partial charge is 0.267 e. The number of benzene rings is 2. The lowest BCUT2D eigenvalue weighted by Gasteiger charge is -2.15. The lowest BCUT2D eigenvalue weighted by Crippen LogP contribution is -2.33. The molecule has 0 bridgehead atoms. The van der Waals surface area contributed by atoms with E-state index in [1.54, 1.807) is 25.1 Å². The van der Waals surface area contributed by atoms with Gasteiger partial charge in [0.2, 0.25) is 5.91 Å². The van der Waals surface area contributed by atoms with Crippen LogP contribution in [-0.4, -0.2) is 15.7 Å². The van der Waals surface area contributed by atoms with Crippen LogP contribution in [0.3, 0.4) is 0 Å². The first kappa shape index (κ1) is 18.1. The number of carbonyl (C=O) groups excluding carboxylic acids is 1. The van der Waals surface area contributed by atoms with Gasteiger partial charge >= 0.3 is 0 Å². The Morgan fingerprint density at radius 3 is 2.70 bits per heavy atom. The van der Waals surface area contributed by atoms with Gasteiger partial charge in [-0.15, -0.1) is 0 Å². The van der Waals surface area contributed by atoms with Gasteiger partial charge in [0.05, 0.1) is 6.26 Å². The number of aromatic nitrogens is 2. The van der Waals surface area contributed by atoms with Crippen molar-refractivity contribution in [1.29, 1.82) is 0 Å². The van der Waals surface area contributed by atoms with Gasteiger partial charge in [-0.3, -0.25) is 9.59 Å². The molecule has 0 saturated carbocycles. The number of nitrogens with zero attached hydrogens (tertiary/aromatic N) is 2. The molecule has 1 aliphatic rings. The van der Waals surface area contributed by atoms with Crippen LogP contribution in [-0.2, 0) is 11.2 Å². The molecule has 4 aromatic rings. The molecule has 6 nitrogen and oxygen atoms in total. The largest absolute Gasteiger partial charge is 0.463 e. The number of amides is 1. The average molecular weight is 397 g/mol. The van der Waals surface area contributed by atoms with Crippen LogP contribution in [0.25, 0.3) is 22.6 Å². The second-order valence-electron chi connectivity index (χ2n) is 7.35. The first-order chi connectivity index (χ1) is 14.6. The second-order valence-corrected chi connectivity index (χ2v) is 7.35. The Bertz CT molecular complexity index is 1310. The maximum absolute atomic E-state index is 12.8. The number of rotatable bonds is 4. The van der Waals surface area contributed by atoms with Crippen molar-refractivity contribution in [2.45, 2.75) is 19.4 Å². The van der Waals surface area contributed by atoms with Gasteiger partial charge in [0.25, 0.3) is 5.56 Å². The summed E-state index contributed by atoms with van der Waals surface area (Å²) >= 11 is 0. The second kappa shape index (κ2) is 7.15. The van der Waals surface area contributed by atoms with Gasteiger partial charge < -0.3 is 9.73 Å². The number of furan rings is 1. The van der Waals surface area contributed by atoms with E-state index in [2.05, 4.69) is 22.5 Å². The molecule has 0 unspecified atom stereocenters. The summed E-state index contributed by atoms with van der Waals surface area (Å²) in [6, 6.07) is 19.9. The Kier molecular flexibility index (Phi) is 4.32. The van der Waals surface area contributed by atoms with Crippen molar-refractivity contribution in [2.24, 2.45) is 0 Å². The summed E-state index contributed by atoms with van der Waals surface area (Å²) in [7, 11) is 0. The number of anilines is 1. The van der Waals surface area contributed by atoms with Crippen LogP contribution in [0.15, 0.2) is 82.2 Å². The first-order valence-corrected chi connectivity index (χ1v) is 9.76. The number of carbonyl (C=O) groups is 1. The summed E-state index contributed by atoms with van der Waals surface area (Å²) in [5.41, 5.74) is 5.75. The molecule has 1 aliphatic carbocycles. The third-order valence-corrected chi connectivity index (χ3v) is 5.41. The van der Waals surface area contributed by atoms with Gasteiger partial charge in [0.1, 0.15) is 11.7 Å². The molecule has 5 rings (SSSR count). The molecule has 0 aliphatic heterocycles. The highest BCUT2D eigenvalue weighted by Gasteiger charge is 2.21. The average Bonchev–Trinajstić information content (AvgIpc) is 3.41. The summed E-state index contributed by atoms with van der Waals surface area (Å²) in [5.74, 6) is 0.228. The van der Waals surface area contributed by atoms with Crippen LogP contribution >= 0.6 is 0 Å². The predicted molar refractivity (Wildman–Crippen MR) is 114 cm³/mol. The Hall–Kier alpha value is -3.93. The Morgan fingerprint density at radius 2 is 1.87 bits per heavy atom. The molecule has 1 N–H and O–H groups in total. The third kappa shape index (κ3) is 3.12. The SMILES string of the molecule is C[C@H](C(=O)Nc1ccc2c(c1)Cc1ccccc1-2)n1nc(-c2ccco2)ccc1=O. The van der Waals surface area contributed by atoms with Crippen LogP contribution in [0.4, 0.5) is 5.69 Å². The number of nitrogens with one attached hydrogen (secondary N) is 1. The molecule has 1 amide bonds. The van der Waals surface area contributed by atoms with Gasteiger partial charge in [-0.25, -0.2) is 4.68 Å². The lowest BCUT2D eigenvalue weighted by molar-refractivity contribution is -0.119. The van der Waals surface area contributed by atoms with Crippen molar-refractivity contribution in [3.8, 4) is 22.6 Å². The fourth-order valence-corrected chi connectivity index (χ4v) is 3.84. The molecule has 6 heteroatoms. The zero-order valence-corrected chi connectivity index (χ0v) is 16.3. The fourth-order valence-electron chi connectivity index (χ4n) is 3.84. The molecule has 148 valence electrons. The van der Waals surface area contributed by atoms with Crippen molar-refractivity contribution < 1.29 is 9.21 Å². The van der Waals surface area contributed by atoms with Crippen molar-refractivity contribution in [3.63, 3.8) is 0 Å². The van der Waals surface area contributed by atoms with Crippen molar-refractivity contribution in [1.82, 2.24) is 9.78 Å². The summed E-state index contributed by atoms with van der Waals surface area (Å²) in [4.78, 5) is 25.2. The standard InChI is InChI=1S/C24H19N3O3/c1-15(27-23(28)11-10-21(26-27)22-7-4-12-30-22)24(29)25-18-8-9-20-17(14-18)13-16-5-2-3-6-19(16)20/h2-12,14-15H,13H2,1H3,(H,25,29)/t15-/m1/s1. The van der Waals surface area contributed by atoms with E-state index in [-0.39, 0.29) is 11.5 Å². The minimum absolute atomic E-state index is 0.309. The number of hydrogen-bond acceptors (Lipinski definition) is 4. The molecule has 0 saturated heterocycles. The number of fused-ring (bicyclic) bond motifs is 3. The van der Waals surface area contributed by atoms with Crippen LogP contribution in [0.5, 0.6) is 0 Å². The van der Waals surface area contributed by atoms with Gasteiger partial charge in [-0.05, 0) is 65.9 Å². The zero-order chi connectivity index (χ0) is 20.7. The monoisotopic (exact) mass is 397 g/mol. The normalized spacial score (nSPS) is 12.8. The summed E-state index contributed by atoms with van der Waals surface area (Å²) in [6.45, 7) is 1.65. The van der Waals surface area contributed by atoms with Gasteiger partial charge in [-0.1, -0.05) is 30.3 Å². The Morgan fingerprint density at radius 1 is 1.03 bits per heavy atom. The van der Waals surface area contributed by atoms with Crippen LogP contribution < -0.4 is 10.9 Å². The molecular weight excluding hydrogens is 378 g/mol. The van der Waals surface area contributed by atoms with E-state index in [0.717, 1.165) is 6.42 Å². The molecule has 2 heterocycles. The topological polar surface area (TPSA) is 77.1 Å². The highest BCUT2D eigenvalue weighted by atomic mass is 16.3. The predicted octanol–water partition coefficient (Wildman–Crippen LogP) is 4.27. The van der Waals surface area contributed by atoms with Crippen molar-refractivity contribution in [2.75, 3.05) is 5.32 Å².